The molecule has 5 rings (SSSR count). The standard InChI is InChI=1S/C25H20N2O/c1-15-7-10-18(11-8-15)22-14-26-23(13-16(22)2)21-6-4-5-19-20-12-9-17(3)27-25(20)28-24(19)21/h4-14H,1-3H3. The Labute approximate surface area is 163 Å². The van der Waals surface area contributed by atoms with Crippen LogP contribution in [0.4, 0.5) is 0 Å². The van der Waals surface area contributed by atoms with E-state index >= 15 is 0 Å². The van der Waals surface area contributed by atoms with Crippen LogP contribution in [0.25, 0.3) is 44.5 Å². The second-order valence-corrected chi connectivity index (χ2v) is 7.34. The van der Waals surface area contributed by atoms with Crippen LogP contribution < -0.4 is 0 Å². The molecule has 0 bridgehead atoms. The lowest BCUT2D eigenvalue weighted by Gasteiger charge is -2.09. The summed E-state index contributed by atoms with van der Waals surface area (Å²) in [5, 5.41) is 2.11. The number of aryl methyl sites for hydroxylation is 3. The molecule has 0 fully saturated rings. The molecule has 2 aromatic carbocycles. The van der Waals surface area contributed by atoms with E-state index in [1.54, 1.807) is 0 Å². The lowest BCUT2D eigenvalue weighted by atomic mass is 9.99. The van der Waals surface area contributed by atoms with E-state index < -0.39 is 0 Å². The number of para-hydroxylation sites is 1. The lowest BCUT2D eigenvalue weighted by molar-refractivity contribution is 0.653. The van der Waals surface area contributed by atoms with E-state index in [9.17, 15) is 0 Å². The van der Waals surface area contributed by atoms with E-state index in [0.717, 1.165) is 38.9 Å². The average Bonchev–Trinajstić information content (AvgIpc) is 3.06. The highest BCUT2D eigenvalue weighted by atomic mass is 16.3. The van der Waals surface area contributed by atoms with Crippen LogP contribution in [0.5, 0.6) is 0 Å². The first-order chi connectivity index (χ1) is 13.6. The molecule has 0 aliphatic rings. The summed E-state index contributed by atoms with van der Waals surface area (Å²) < 4.78 is 6.14. The Hall–Kier alpha value is -3.46. The predicted molar refractivity (Wildman–Crippen MR) is 114 cm³/mol. The Morgan fingerprint density at radius 2 is 1.61 bits per heavy atom. The third-order valence-electron chi connectivity index (χ3n) is 5.25. The Kier molecular flexibility index (Phi) is 3.76. The molecule has 5 aromatic rings. The third kappa shape index (κ3) is 2.67. The molecule has 0 radical (unpaired) electrons. The number of pyridine rings is 2. The summed E-state index contributed by atoms with van der Waals surface area (Å²) in [6.07, 6.45) is 1.96. The molecule has 0 spiro atoms. The first-order valence-electron chi connectivity index (χ1n) is 9.43. The summed E-state index contributed by atoms with van der Waals surface area (Å²) >= 11 is 0. The van der Waals surface area contributed by atoms with Gasteiger partial charge in [0.15, 0.2) is 0 Å². The molecule has 28 heavy (non-hydrogen) atoms. The van der Waals surface area contributed by atoms with E-state index in [1.165, 1.54) is 16.7 Å². The summed E-state index contributed by atoms with van der Waals surface area (Å²) in [6.45, 7) is 6.20. The predicted octanol–water partition coefficient (Wildman–Crippen LogP) is 6.64. The average molecular weight is 364 g/mol. The molecule has 0 saturated heterocycles. The Morgan fingerprint density at radius 1 is 0.786 bits per heavy atom. The minimum atomic E-state index is 0.676. The normalized spacial score (nSPS) is 11.4. The molecule has 0 unspecified atom stereocenters. The number of rotatable bonds is 2. The van der Waals surface area contributed by atoms with Gasteiger partial charge in [0.25, 0.3) is 0 Å². The van der Waals surface area contributed by atoms with Crippen LogP contribution in [-0.2, 0) is 0 Å². The number of hydrogen-bond donors (Lipinski definition) is 0. The van der Waals surface area contributed by atoms with E-state index in [2.05, 4.69) is 73.4 Å². The van der Waals surface area contributed by atoms with E-state index in [1.807, 2.05) is 19.2 Å². The van der Waals surface area contributed by atoms with Gasteiger partial charge in [0.05, 0.1) is 5.69 Å². The number of benzene rings is 2. The van der Waals surface area contributed by atoms with Gasteiger partial charge in [0, 0.05) is 33.8 Å². The van der Waals surface area contributed by atoms with Crippen LogP contribution in [0.3, 0.4) is 0 Å². The zero-order chi connectivity index (χ0) is 19.3. The van der Waals surface area contributed by atoms with Gasteiger partial charge in [-0.15, -0.1) is 0 Å². The fraction of sp³-hybridized carbons (Fsp3) is 0.120. The molecular weight excluding hydrogens is 344 g/mol. The molecule has 0 saturated carbocycles. The van der Waals surface area contributed by atoms with Gasteiger partial charge in [-0.2, -0.15) is 0 Å². The summed E-state index contributed by atoms with van der Waals surface area (Å²) in [7, 11) is 0. The minimum absolute atomic E-state index is 0.676. The van der Waals surface area contributed by atoms with Gasteiger partial charge in [-0.3, -0.25) is 4.98 Å². The van der Waals surface area contributed by atoms with Crippen molar-refractivity contribution in [2.45, 2.75) is 20.8 Å². The van der Waals surface area contributed by atoms with Crippen LogP contribution in [0, 0.1) is 20.8 Å². The molecule has 3 nitrogen and oxygen atoms in total. The van der Waals surface area contributed by atoms with Gasteiger partial charge in [-0.25, -0.2) is 4.98 Å². The maximum absolute atomic E-state index is 6.14. The van der Waals surface area contributed by atoms with Gasteiger partial charge in [0.2, 0.25) is 5.71 Å². The number of nitrogens with zero attached hydrogens (tertiary/aromatic N) is 2. The van der Waals surface area contributed by atoms with E-state index in [-0.39, 0.29) is 0 Å². The maximum Gasteiger partial charge on any atom is 0.227 e. The van der Waals surface area contributed by atoms with Crippen LogP contribution in [-0.4, -0.2) is 9.97 Å². The van der Waals surface area contributed by atoms with Crippen LogP contribution in [0.15, 0.2) is 71.3 Å². The van der Waals surface area contributed by atoms with Gasteiger partial charge in [-0.05, 0) is 56.2 Å². The summed E-state index contributed by atoms with van der Waals surface area (Å²) in [5.74, 6) is 0. The Balaban J connectivity index is 1.67. The highest BCUT2D eigenvalue weighted by Crippen LogP contribution is 2.35. The molecule has 0 aliphatic carbocycles. The largest absolute Gasteiger partial charge is 0.437 e. The van der Waals surface area contributed by atoms with Crippen molar-refractivity contribution in [1.82, 2.24) is 9.97 Å². The van der Waals surface area contributed by atoms with Gasteiger partial charge >= 0.3 is 0 Å². The van der Waals surface area contributed by atoms with E-state index in [4.69, 9.17) is 9.40 Å². The maximum atomic E-state index is 6.14. The lowest BCUT2D eigenvalue weighted by Crippen LogP contribution is -1.90. The number of fused-ring (bicyclic) bond motifs is 3. The van der Waals surface area contributed by atoms with Crippen LogP contribution in [0.2, 0.25) is 0 Å². The SMILES string of the molecule is Cc1ccc(-c2cnc(-c3cccc4c3oc3nc(C)ccc34)cc2C)cc1. The monoisotopic (exact) mass is 364 g/mol. The van der Waals surface area contributed by atoms with Crippen molar-refractivity contribution in [2.24, 2.45) is 0 Å². The van der Waals surface area contributed by atoms with Crippen molar-refractivity contribution in [2.75, 3.05) is 0 Å². The van der Waals surface area contributed by atoms with Gasteiger partial charge < -0.3 is 4.42 Å². The van der Waals surface area contributed by atoms with Crippen molar-refractivity contribution < 1.29 is 4.42 Å². The number of aromatic nitrogens is 2. The smallest absolute Gasteiger partial charge is 0.227 e. The van der Waals surface area contributed by atoms with Crippen LogP contribution in [0.1, 0.15) is 16.8 Å². The van der Waals surface area contributed by atoms with Crippen molar-refractivity contribution in [1.29, 1.82) is 0 Å². The van der Waals surface area contributed by atoms with E-state index in [0.29, 0.717) is 5.71 Å². The quantitative estimate of drug-likeness (QED) is 0.353. The first-order valence-corrected chi connectivity index (χ1v) is 9.43. The summed E-state index contributed by atoms with van der Waals surface area (Å²) in [4.78, 5) is 9.31. The molecule has 3 aromatic heterocycles. The van der Waals surface area contributed by atoms with Gasteiger partial charge in [-0.1, -0.05) is 42.0 Å². The van der Waals surface area contributed by atoms with Crippen molar-refractivity contribution in [3.05, 3.63) is 83.7 Å². The van der Waals surface area contributed by atoms with Crippen molar-refractivity contribution in [3.63, 3.8) is 0 Å². The molecule has 0 atom stereocenters. The fourth-order valence-electron chi connectivity index (χ4n) is 3.71. The van der Waals surface area contributed by atoms with Crippen molar-refractivity contribution in [3.8, 4) is 22.4 Å². The second kappa shape index (κ2) is 6.31. The number of hydrogen-bond acceptors (Lipinski definition) is 3. The molecule has 0 aliphatic heterocycles. The topological polar surface area (TPSA) is 38.9 Å². The molecule has 0 amide bonds. The van der Waals surface area contributed by atoms with Crippen LogP contribution >= 0.6 is 0 Å². The number of furan rings is 1. The van der Waals surface area contributed by atoms with Crippen molar-refractivity contribution >= 4 is 22.1 Å². The summed E-state index contributed by atoms with van der Waals surface area (Å²) in [5.41, 5.74) is 9.15. The zero-order valence-corrected chi connectivity index (χ0v) is 16.2. The molecule has 3 heteroatoms. The summed E-state index contributed by atoms with van der Waals surface area (Å²) in [6, 6.07) is 21.0. The van der Waals surface area contributed by atoms with Gasteiger partial charge in [0.1, 0.15) is 5.58 Å². The second-order valence-electron chi connectivity index (χ2n) is 7.34. The third-order valence-corrected chi connectivity index (χ3v) is 5.25. The highest BCUT2D eigenvalue weighted by molar-refractivity contribution is 6.08. The molecule has 3 heterocycles. The molecular formula is C25H20N2O. The minimum Gasteiger partial charge on any atom is -0.437 e. The molecule has 0 N–H and O–H groups in total. The fourth-order valence-corrected chi connectivity index (χ4v) is 3.71. The highest BCUT2D eigenvalue weighted by Gasteiger charge is 2.14. The zero-order valence-electron chi connectivity index (χ0n) is 16.2. The Bertz CT molecular complexity index is 1330. The first kappa shape index (κ1) is 16.7. The Morgan fingerprint density at radius 3 is 2.39 bits per heavy atom. The molecule has 136 valence electrons.